The lowest BCUT2D eigenvalue weighted by atomic mass is 9.94. The number of halogens is 3. The normalized spacial score (nSPS) is 12.2. The molecule has 0 spiro atoms. The molecule has 1 atom stereocenters. The second-order valence-electron chi connectivity index (χ2n) is 7.23. The Labute approximate surface area is 192 Å². The number of carbonyl (C=O) groups is 2. The SMILES string of the molecule is COC(=O)C(Cc1coc(-c2ccc(OC)c(OCC(F)(F)F)c2)n1)C(=O)c1ncccc1C. The first-order chi connectivity index (χ1) is 16.1. The van der Waals surface area contributed by atoms with Crippen molar-refractivity contribution in [2.24, 2.45) is 5.92 Å². The Morgan fingerprint density at radius 3 is 2.56 bits per heavy atom. The second-order valence-corrected chi connectivity index (χ2v) is 7.23. The number of ketones is 1. The molecule has 34 heavy (non-hydrogen) atoms. The highest BCUT2D eigenvalue weighted by atomic mass is 19.4. The third kappa shape index (κ3) is 5.91. The molecule has 0 fully saturated rings. The summed E-state index contributed by atoms with van der Waals surface area (Å²) in [6, 6.07) is 7.60. The van der Waals surface area contributed by atoms with Crippen molar-refractivity contribution in [3.63, 3.8) is 0 Å². The second kappa shape index (κ2) is 10.4. The quantitative estimate of drug-likeness (QED) is 0.256. The van der Waals surface area contributed by atoms with Gasteiger partial charge in [-0.05, 0) is 36.8 Å². The Hall–Kier alpha value is -3.89. The van der Waals surface area contributed by atoms with Gasteiger partial charge in [-0.1, -0.05) is 6.07 Å². The van der Waals surface area contributed by atoms with Crippen molar-refractivity contribution < 1.29 is 41.4 Å². The summed E-state index contributed by atoms with van der Waals surface area (Å²) < 4.78 is 57.8. The number of benzene rings is 1. The number of hydrogen-bond donors (Lipinski definition) is 0. The molecule has 3 aromatic rings. The van der Waals surface area contributed by atoms with Gasteiger partial charge in [0, 0.05) is 18.2 Å². The fourth-order valence-electron chi connectivity index (χ4n) is 3.16. The molecule has 1 unspecified atom stereocenters. The first kappa shape index (κ1) is 24.7. The van der Waals surface area contributed by atoms with Crippen LogP contribution in [0.25, 0.3) is 11.5 Å². The van der Waals surface area contributed by atoms with Crippen molar-refractivity contribution in [2.75, 3.05) is 20.8 Å². The highest BCUT2D eigenvalue weighted by Crippen LogP contribution is 2.33. The molecule has 11 heteroatoms. The van der Waals surface area contributed by atoms with Gasteiger partial charge >= 0.3 is 12.1 Å². The minimum absolute atomic E-state index is 0.0552. The number of carbonyl (C=O) groups excluding carboxylic acids is 2. The van der Waals surface area contributed by atoms with Gasteiger partial charge in [0.15, 0.2) is 23.9 Å². The first-order valence-electron chi connectivity index (χ1n) is 9.99. The maximum atomic E-state index is 13.0. The zero-order valence-electron chi connectivity index (χ0n) is 18.5. The number of pyridine rings is 1. The third-order valence-corrected chi connectivity index (χ3v) is 4.81. The highest BCUT2D eigenvalue weighted by molar-refractivity contribution is 6.08. The number of nitrogens with zero attached hydrogens (tertiary/aromatic N) is 2. The predicted molar refractivity (Wildman–Crippen MR) is 113 cm³/mol. The zero-order chi connectivity index (χ0) is 24.9. The fraction of sp³-hybridized carbons (Fsp3) is 0.304. The number of hydrogen-bond acceptors (Lipinski definition) is 8. The monoisotopic (exact) mass is 478 g/mol. The molecular weight excluding hydrogens is 457 g/mol. The molecular formula is C23H21F3N2O6. The Bertz CT molecular complexity index is 1180. The average Bonchev–Trinajstić information content (AvgIpc) is 3.28. The Morgan fingerprint density at radius 2 is 1.91 bits per heavy atom. The molecule has 0 amide bonds. The number of rotatable bonds is 9. The first-order valence-corrected chi connectivity index (χ1v) is 9.99. The summed E-state index contributed by atoms with van der Waals surface area (Å²) in [6.45, 7) is 0.199. The van der Waals surface area contributed by atoms with Crippen LogP contribution in [-0.4, -0.2) is 48.7 Å². The molecule has 2 aromatic heterocycles. The van der Waals surface area contributed by atoms with Gasteiger partial charge in [0.25, 0.3) is 0 Å². The highest BCUT2D eigenvalue weighted by Gasteiger charge is 2.32. The van der Waals surface area contributed by atoms with Crippen molar-refractivity contribution in [2.45, 2.75) is 19.5 Å². The molecule has 0 saturated heterocycles. The van der Waals surface area contributed by atoms with Gasteiger partial charge < -0.3 is 18.6 Å². The van der Waals surface area contributed by atoms with Gasteiger partial charge in [0.2, 0.25) is 5.89 Å². The van der Waals surface area contributed by atoms with Crippen LogP contribution in [-0.2, 0) is 16.0 Å². The van der Waals surface area contributed by atoms with E-state index in [0.29, 0.717) is 11.1 Å². The zero-order valence-corrected chi connectivity index (χ0v) is 18.5. The summed E-state index contributed by atoms with van der Waals surface area (Å²) in [7, 11) is 2.47. The maximum absolute atomic E-state index is 13.0. The topological polar surface area (TPSA) is 101 Å². The van der Waals surface area contributed by atoms with E-state index in [1.165, 1.54) is 44.9 Å². The van der Waals surface area contributed by atoms with Crippen LogP contribution in [0.1, 0.15) is 21.7 Å². The summed E-state index contributed by atoms with van der Waals surface area (Å²) in [5, 5.41) is 0. The molecule has 0 aliphatic rings. The van der Waals surface area contributed by atoms with E-state index < -0.39 is 30.5 Å². The summed E-state index contributed by atoms with van der Waals surface area (Å²) in [5.74, 6) is -2.49. The fourth-order valence-corrected chi connectivity index (χ4v) is 3.16. The predicted octanol–water partition coefficient (Wildman–Crippen LogP) is 4.21. The number of oxazole rings is 1. The third-order valence-electron chi connectivity index (χ3n) is 4.81. The van der Waals surface area contributed by atoms with Crippen molar-refractivity contribution in [1.29, 1.82) is 0 Å². The van der Waals surface area contributed by atoms with E-state index in [1.54, 1.807) is 19.1 Å². The number of ether oxygens (including phenoxy) is 3. The van der Waals surface area contributed by atoms with Crippen LogP contribution in [0, 0.1) is 12.8 Å². The molecule has 8 nitrogen and oxygen atoms in total. The summed E-state index contributed by atoms with van der Waals surface area (Å²) in [5.41, 5.74) is 1.32. The minimum atomic E-state index is -4.53. The number of alkyl halides is 3. The smallest absolute Gasteiger partial charge is 0.422 e. The van der Waals surface area contributed by atoms with Crippen LogP contribution in [0.3, 0.4) is 0 Å². The lowest BCUT2D eigenvalue weighted by Crippen LogP contribution is -2.29. The van der Waals surface area contributed by atoms with E-state index in [2.05, 4.69) is 9.97 Å². The van der Waals surface area contributed by atoms with E-state index >= 15 is 0 Å². The number of aromatic nitrogens is 2. The van der Waals surface area contributed by atoms with Gasteiger partial charge in [0.05, 0.1) is 19.9 Å². The van der Waals surface area contributed by atoms with Crippen molar-refractivity contribution >= 4 is 11.8 Å². The molecule has 180 valence electrons. The van der Waals surface area contributed by atoms with Gasteiger partial charge in [-0.25, -0.2) is 4.98 Å². The molecule has 3 rings (SSSR count). The molecule has 0 saturated carbocycles. The van der Waals surface area contributed by atoms with Gasteiger partial charge in [-0.2, -0.15) is 13.2 Å². The summed E-state index contributed by atoms with van der Waals surface area (Å²) in [6.07, 6.45) is -1.95. The van der Waals surface area contributed by atoms with Gasteiger partial charge in [-0.15, -0.1) is 0 Å². The number of methoxy groups -OCH3 is 2. The number of esters is 1. The van der Waals surface area contributed by atoms with E-state index in [-0.39, 0.29) is 35.2 Å². The Balaban J connectivity index is 1.85. The van der Waals surface area contributed by atoms with Crippen LogP contribution >= 0.6 is 0 Å². The summed E-state index contributed by atoms with van der Waals surface area (Å²) in [4.78, 5) is 33.6. The lowest BCUT2D eigenvalue weighted by molar-refractivity contribution is -0.153. The minimum Gasteiger partial charge on any atom is -0.493 e. The molecule has 2 heterocycles. The Morgan fingerprint density at radius 1 is 1.15 bits per heavy atom. The molecule has 0 bridgehead atoms. The van der Waals surface area contributed by atoms with Crippen molar-refractivity contribution in [1.82, 2.24) is 9.97 Å². The maximum Gasteiger partial charge on any atom is 0.422 e. The molecule has 0 aliphatic carbocycles. The van der Waals surface area contributed by atoms with Gasteiger partial charge in [0.1, 0.15) is 17.9 Å². The van der Waals surface area contributed by atoms with Gasteiger partial charge in [-0.3, -0.25) is 14.6 Å². The number of Topliss-reactive ketones (excluding diaryl/α,β-unsaturated/α-hetero) is 1. The molecule has 1 aromatic carbocycles. The van der Waals surface area contributed by atoms with Crippen LogP contribution in [0.4, 0.5) is 13.2 Å². The van der Waals surface area contributed by atoms with Crippen LogP contribution in [0.15, 0.2) is 47.2 Å². The summed E-state index contributed by atoms with van der Waals surface area (Å²) >= 11 is 0. The standard InChI is InChI=1S/C23H21F3N2O6/c1-13-5-4-8-27-19(13)20(29)16(22(30)32-3)10-15-11-33-21(28-15)14-6-7-17(31-2)18(9-14)34-12-23(24,25)26/h4-9,11,16H,10,12H2,1-3H3. The van der Waals surface area contributed by atoms with E-state index in [9.17, 15) is 22.8 Å². The van der Waals surface area contributed by atoms with Crippen LogP contribution in [0.2, 0.25) is 0 Å². The lowest BCUT2D eigenvalue weighted by Gasteiger charge is -2.13. The Kier molecular flexibility index (Phi) is 7.54. The van der Waals surface area contributed by atoms with Crippen molar-refractivity contribution in [3.05, 3.63) is 59.7 Å². The average molecular weight is 478 g/mol. The molecule has 0 N–H and O–H groups in total. The van der Waals surface area contributed by atoms with Crippen LogP contribution < -0.4 is 9.47 Å². The molecule has 0 radical (unpaired) electrons. The number of aryl methyl sites for hydroxylation is 1. The van der Waals surface area contributed by atoms with Crippen LogP contribution in [0.5, 0.6) is 11.5 Å². The van der Waals surface area contributed by atoms with E-state index in [0.717, 1.165) is 0 Å². The van der Waals surface area contributed by atoms with Crippen molar-refractivity contribution in [3.8, 4) is 23.0 Å². The van der Waals surface area contributed by atoms with E-state index in [4.69, 9.17) is 18.6 Å². The molecule has 0 aliphatic heterocycles. The van der Waals surface area contributed by atoms with E-state index in [1.807, 2.05) is 0 Å². The largest absolute Gasteiger partial charge is 0.493 e.